The smallest absolute Gasteiger partial charge is 0.412 e. The number of carbonyl (C=O) groups is 2. The summed E-state index contributed by atoms with van der Waals surface area (Å²) in [6.07, 6.45) is -0.316. The first-order chi connectivity index (χ1) is 8.80. The fourth-order valence-corrected chi connectivity index (χ4v) is 1.36. The lowest BCUT2D eigenvalue weighted by atomic mass is 10.1. The van der Waals surface area contributed by atoms with Crippen LogP contribution in [0.4, 0.5) is 10.5 Å². The van der Waals surface area contributed by atoms with Crippen molar-refractivity contribution in [3.63, 3.8) is 0 Å². The predicted molar refractivity (Wildman–Crippen MR) is 72.3 cm³/mol. The van der Waals surface area contributed by atoms with Gasteiger partial charge < -0.3 is 4.74 Å². The van der Waals surface area contributed by atoms with Crippen LogP contribution in [0.5, 0.6) is 0 Å². The van der Waals surface area contributed by atoms with E-state index in [4.69, 9.17) is 10.6 Å². The van der Waals surface area contributed by atoms with Crippen molar-refractivity contribution in [2.24, 2.45) is 5.84 Å². The number of rotatable bonds is 3. The van der Waals surface area contributed by atoms with Crippen LogP contribution in [0.1, 0.15) is 26.3 Å². The molecule has 2 amide bonds. The van der Waals surface area contributed by atoms with Gasteiger partial charge in [0.2, 0.25) is 5.91 Å². The molecular formula is C13H19N3O3. The highest BCUT2D eigenvalue weighted by Gasteiger charge is 2.16. The van der Waals surface area contributed by atoms with Crippen molar-refractivity contribution in [3.8, 4) is 0 Å². The number of hydrogen-bond donors (Lipinski definition) is 3. The van der Waals surface area contributed by atoms with Gasteiger partial charge in [0.25, 0.3) is 0 Å². The minimum absolute atomic E-state index is 0.198. The Kier molecular flexibility index (Phi) is 4.88. The zero-order valence-corrected chi connectivity index (χ0v) is 11.3. The molecule has 0 spiro atoms. The topological polar surface area (TPSA) is 93.4 Å². The summed E-state index contributed by atoms with van der Waals surface area (Å²) < 4.78 is 5.12. The van der Waals surface area contributed by atoms with Crippen molar-refractivity contribution in [1.82, 2.24) is 5.43 Å². The number of nitrogens with one attached hydrogen (secondary N) is 2. The summed E-state index contributed by atoms with van der Waals surface area (Å²) in [7, 11) is 0. The van der Waals surface area contributed by atoms with Crippen LogP contribution < -0.4 is 16.6 Å². The van der Waals surface area contributed by atoms with Gasteiger partial charge in [0, 0.05) is 5.69 Å². The summed E-state index contributed by atoms with van der Waals surface area (Å²) in [5.41, 5.74) is 2.93. The van der Waals surface area contributed by atoms with E-state index in [0.717, 1.165) is 5.56 Å². The maximum Gasteiger partial charge on any atom is 0.412 e. The lowest BCUT2D eigenvalue weighted by Crippen LogP contribution is -2.31. The average molecular weight is 265 g/mol. The van der Waals surface area contributed by atoms with Crippen molar-refractivity contribution >= 4 is 17.7 Å². The van der Waals surface area contributed by atoms with Crippen LogP contribution in [0, 0.1) is 0 Å². The summed E-state index contributed by atoms with van der Waals surface area (Å²) in [6, 6.07) is 6.87. The number of hydrogen-bond acceptors (Lipinski definition) is 4. The summed E-state index contributed by atoms with van der Waals surface area (Å²) >= 11 is 0. The van der Waals surface area contributed by atoms with Crippen LogP contribution in [-0.2, 0) is 16.0 Å². The molecule has 0 aliphatic carbocycles. The first-order valence-corrected chi connectivity index (χ1v) is 5.88. The second kappa shape index (κ2) is 6.19. The number of ether oxygens (including phenoxy) is 1. The van der Waals surface area contributed by atoms with Gasteiger partial charge in [0.15, 0.2) is 0 Å². The molecule has 1 aromatic carbocycles. The van der Waals surface area contributed by atoms with Gasteiger partial charge in [-0.1, -0.05) is 12.1 Å². The van der Waals surface area contributed by atoms with Gasteiger partial charge in [-0.25, -0.2) is 10.6 Å². The highest BCUT2D eigenvalue weighted by Crippen LogP contribution is 2.13. The van der Waals surface area contributed by atoms with Crippen LogP contribution in [-0.4, -0.2) is 17.6 Å². The van der Waals surface area contributed by atoms with E-state index in [2.05, 4.69) is 10.7 Å². The normalized spacial score (nSPS) is 10.7. The van der Waals surface area contributed by atoms with Gasteiger partial charge in [-0.3, -0.25) is 15.5 Å². The maximum absolute atomic E-state index is 11.5. The van der Waals surface area contributed by atoms with E-state index < -0.39 is 11.7 Å². The summed E-state index contributed by atoms with van der Waals surface area (Å²) in [5.74, 6) is 4.73. The molecule has 0 aliphatic rings. The van der Waals surface area contributed by atoms with Crippen molar-refractivity contribution in [2.75, 3.05) is 5.32 Å². The molecule has 0 heterocycles. The Morgan fingerprint density at radius 1 is 1.21 bits per heavy atom. The Bertz CT molecular complexity index is 449. The van der Waals surface area contributed by atoms with Gasteiger partial charge >= 0.3 is 6.09 Å². The quantitative estimate of drug-likeness (QED) is 0.439. The highest BCUT2D eigenvalue weighted by molar-refractivity contribution is 5.85. The largest absolute Gasteiger partial charge is 0.444 e. The van der Waals surface area contributed by atoms with Crippen LogP contribution in [0.25, 0.3) is 0 Å². The molecule has 6 heteroatoms. The molecule has 0 aliphatic heterocycles. The maximum atomic E-state index is 11.5. The first kappa shape index (κ1) is 15.0. The van der Waals surface area contributed by atoms with Gasteiger partial charge in [0.05, 0.1) is 6.42 Å². The minimum Gasteiger partial charge on any atom is -0.444 e. The van der Waals surface area contributed by atoms with Gasteiger partial charge in [-0.2, -0.15) is 0 Å². The van der Waals surface area contributed by atoms with Gasteiger partial charge in [-0.15, -0.1) is 0 Å². The molecule has 0 bridgehead atoms. The van der Waals surface area contributed by atoms with E-state index >= 15 is 0 Å². The first-order valence-electron chi connectivity index (χ1n) is 5.88. The standard InChI is InChI=1S/C13H19N3O3/c1-13(2,3)19-12(18)15-10-6-4-9(5-7-10)8-11(17)16-14/h4-7H,8,14H2,1-3H3,(H,15,18)(H,16,17). The summed E-state index contributed by atoms with van der Waals surface area (Å²) in [6.45, 7) is 5.38. The molecule has 4 N–H and O–H groups in total. The van der Waals surface area contributed by atoms with E-state index in [1.807, 2.05) is 0 Å². The SMILES string of the molecule is CC(C)(C)OC(=O)Nc1ccc(CC(=O)NN)cc1. The number of amides is 2. The molecule has 0 unspecified atom stereocenters. The molecule has 0 radical (unpaired) electrons. The van der Waals surface area contributed by atoms with E-state index in [9.17, 15) is 9.59 Å². The Balaban J connectivity index is 2.57. The fourth-order valence-electron chi connectivity index (χ4n) is 1.36. The van der Waals surface area contributed by atoms with E-state index in [1.54, 1.807) is 45.0 Å². The third-order valence-corrected chi connectivity index (χ3v) is 2.12. The average Bonchev–Trinajstić information content (AvgIpc) is 2.29. The number of carbonyl (C=O) groups excluding carboxylic acids is 2. The van der Waals surface area contributed by atoms with E-state index in [-0.39, 0.29) is 12.3 Å². The zero-order chi connectivity index (χ0) is 14.5. The number of nitrogens with two attached hydrogens (primary N) is 1. The van der Waals surface area contributed by atoms with Crippen LogP contribution in [0.15, 0.2) is 24.3 Å². The van der Waals surface area contributed by atoms with Gasteiger partial charge in [0.1, 0.15) is 5.60 Å². The molecule has 6 nitrogen and oxygen atoms in total. The van der Waals surface area contributed by atoms with Crippen LogP contribution >= 0.6 is 0 Å². The van der Waals surface area contributed by atoms with E-state index in [1.165, 1.54) is 0 Å². The minimum atomic E-state index is -0.538. The molecule has 19 heavy (non-hydrogen) atoms. The Morgan fingerprint density at radius 2 is 1.79 bits per heavy atom. The third-order valence-electron chi connectivity index (χ3n) is 2.12. The second-order valence-electron chi connectivity index (χ2n) is 5.07. The predicted octanol–water partition coefficient (Wildman–Crippen LogP) is 1.57. The lowest BCUT2D eigenvalue weighted by molar-refractivity contribution is -0.120. The van der Waals surface area contributed by atoms with Crippen LogP contribution in [0.3, 0.4) is 0 Å². The van der Waals surface area contributed by atoms with Crippen molar-refractivity contribution in [2.45, 2.75) is 32.8 Å². The zero-order valence-electron chi connectivity index (χ0n) is 11.3. The van der Waals surface area contributed by atoms with Crippen molar-refractivity contribution < 1.29 is 14.3 Å². The third kappa shape index (κ3) is 5.87. The Hall–Kier alpha value is -2.08. The molecule has 1 aromatic rings. The summed E-state index contributed by atoms with van der Waals surface area (Å²) in [5, 5.41) is 2.61. The molecule has 0 saturated carbocycles. The molecule has 0 atom stereocenters. The number of benzene rings is 1. The molecule has 0 fully saturated rings. The van der Waals surface area contributed by atoms with E-state index in [0.29, 0.717) is 5.69 Å². The molecule has 0 aromatic heterocycles. The van der Waals surface area contributed by atoms with Crippen LogP contribution in [0.2, 0.25) is 0 Å². The highest BCUT2D eigenvalue weighted by atomic mass is 16.6. The molecule has 1 rings (SSSR count). The van der Waals surface area contributed by atoms with Crippen molar-refractivity contribution in [3.05, 3.63) is 29.8 Å². The lowest BCUT2D eigenvalue weighted by Gasteiger charge is -2.19. The molecule has 0 saturated heterocycles. The number of anilines is 1. The Labute approximate surface area is 112 Å². The summed E-state index contributed by atoms with van der Waals surface area (Å²) in [4.78, 5) is 22.6. The second-order valence-corrected chi connectivity index (χ2v) is 5.07. The van der Waals surface area contributed by atoms with Gasteiger partial charge in [-0.05, 0) is 38.5 Å². The Morgan fingerprint density at radius 3 is 2.26 bits per heavy atom. The monoisotopic (exact) mass is 265 g/mol. The number of hydrazine groups is 1. The van der Waals surface area contributed by atoms with Crippen molar-refractivity contribution in [1.29, 1.82) is 0 Å². The fraction of sp³-hybridized carbons (Fsp3) is 0.385. The molecule has 104 valence electrons. The molecular weight excluding hydrogens is 246 g/mol.